The van der Waals surface area contributed by atoms with Gasteiger partial charge in [0.05, 0.1) is 7.11 Å². The van der Waals surface area contributed by atoms with E-state index >= 15 is 0 Å². The van der Waals surface area contributed by atoms with Crippen LogP contribution < -0.4 is 14.8 Å². The average Bonchev–Trinajstić information content (AvgIpc) is 3.04. The highest BCUT2D eigenvalue weighted by molar-refractivity contribution is 5.81. The molecule has 1 aliphatic rings. The van der Waals surface area contributed by atoms with E-state index in [0.717, 1.165) is 25.7 Å². The Labute approximate surface area is 129 Å². The van der Waals surface area contributed by atoms with Crippen molar-refractivity contribution in [1.82, 2.24) is 5.32 Å². The van der Waals surface area contributed by atoms with Gasteiger partial charge in [-0.25, -0.2) is 4.79 Å². The number of carbonyl (C=O) groups excluding carboxylic acids is 2. The van der Waals surface area contributed by atoms with Crippen molar-refractivity contribution >= 4 is 11.9 Å². The van der Waals surface area contributed by atoms with Crippen LogP contribution in [0.15, 0.2) is 24.3 Å². The van der Waals surface area contributed by atoms with Crippen LogP contribution in [-0.2, 0) is 14.3 Å². The lowest BCUT2D eigenvalue weighted by atomic mass is 10.2. The molecule has 0 spiro atoms. The maximum absolute atomic E-state index is 11.6. The quantitative estimate of drug-likeness (QED) is 0.776. The van der Waals surface area contributed by atoms with Crippen molar-refractivity contribution < 1.29 is 23.8 Å². The molecule has 0 saturated heterocycles. The number of esters is 1. The van der Waals surface area contributed by atoms with Gasteiger partial charge in [-0.05, 0) is 25.0 Å². The maximum atomic E-state index is 11.6. The number of benzene rings is 1. The van der Waals surface area contributed by atoms with Gasteiger partial charge in [-0.15, -0.1) is 0 Å². The van der Waals surface area contributed by atoms with E-state index in [2.05, 4.69) is 5.32 Å². The molecule has 1 saturated carbocycles. The molecule has 0 aromatic heterocycles. The van der Waals surface area contributed by atoms with Gasteiger partial charge in [0.2, 0.25) is 0 Å². The summed E-state index contributed by atoms with van der Waals surface area (Å²) in [4.78, 5) is 23.2. The van der Waals surface area contributed by atoms with Crippen molar-refractivity contribution in [2.45, 2.75) is 31.7 Å². The predicted molar refractivity (Wildman–Crippen MR) is 79.8 cm³/mol. The molecule has 1 amide bonds. The van der Waals surface area contributed by atoms with Crippen molar-refractivity contribution in [3.8, 4) is 11.5 Å². The number of para-hydroxylation sites is 2. The van der Waals surface area contributed by atoms with E-state index in [0.29, 0.717) is 11.5 Å². The summed E-state index contributed by atoms with van der Waals surface area (Å²) in [5, 5.41) is 2.85. The third-order valence-corrected chi connectivity index (χ3v) is 3.50. The summed E-state index contributed by atoms with van der Waals surface area (Å²) in [6.45, 7) is -0.540. The van der Waals surface area contributed by atoms with Gasteiger partial charge in [-0.2, -0.15) is 0 Å². The number of ether oxygens (including phenoxy) is 3. The second-order valence-electron chi connectivity index (χ2n) is 5.15. The lowest BCUT2D eigenvalue weighted by Gasteiger charge is -2.12. The van der Waals surface area contributed by atoms with Gasteiger partial charge >= 0.3 is 5.97 Å². The maximum Gasteiger partial charge on any atom is 0.344 e. The fourth-order valence-corrected chi connectivity index (χ4v) is 2.40. The zero-order valence-corrected chi connectivity index (χ0v) is 12.7. The predicted octanol–water partition coefficient (Wildman–Crippen LogP) is 1.68. The molecule has 0 bridgehead atoms. The van der Waals surface area contributed by atoms with Crippen molar-refractivity contribution in [1.29, 1.82) is 0 Å². The summed E-state index contributed by atoms with van der Waals surface area (Å²) in [6.07, 6.45) is 4.27. The molecule has 0 aliphatic heterocycles. The van der Waals surface area contributed by atoms with E-state index in [1.807, 2.05) is 0 Å². The number of amides is 1. The Balaban J connectivity index is 1.68. The van der Waals surface area contributed by atoms with Crippen LogP contribution in [0.4, 0.5) is 0 Å². The van der Waals surface area contributed by atoms with E-state index in [-0.39, 0.29) is 25.2 Å². The standard InChI is InChI=1S/C16H21NO5/c1-20-13-8-4-5-9-14(13)21-11-16(19)22-10-15(18)17-12-6-2-3-7-12/h4-5,8-9,12H,2-3,6-7,10-11H2,1H3,(H,17,18). The highest BCUT2D eigenvalue weighted by Gasteiger charge is 2.18. The van der Waals surface area contributed by atoms with Crippen molar-refractivity contribution in [2.24, 2.45) is 0 Å². The summed E-state index contributed by atoms with van der Waals surface area (Å²) in [6, 6.07) is 7.22. The van der Waals surface area contributed by atoms with Crippen LogP contribution in [-0.4, -0.2) is 38.2 Å². The summed E-state index contributed by atoms with van der Waals surface area (Å²) in [7, 11) is 1.52. The molecule has 1 aromatic carbocycles. The molecule has 22 heavy (non-hydrogen) atoms. The third-order valence-electron chi connectivity index (χ3n) is 3.50. The number of hydrogen-bond acceptors (Lipinski definition) is 5. The highest BCUT2D eigenvalue weighted by atomic mass is 16.6. The monoisotopic (exact) mass is 307 g/mol. The highest BCUT2D eigenvalue weighted by Crippen LogP contribution is 2.25. The van der Waals surface area contributed by atoms with Gasteiger partial charge in [0.1, 0.15) is 0 Å². The minimum Gasteiger partial charge on any atom is -0.493 e. The molecule has 1 aromatic rings. The fourth-order valence-electron chi connectivity index (χ4n) is 2.40. The first kappa shape index (κ1) is 16.1. The summed E-state index contributed by atoms with van der Waals surface area (Å²) >= 11 is 0. The molecule has 0 radical (unpaired) electrons. The van der Waals surface area contributed by atoms with E-state index in [9.17, 15) is 9.59 Å². The lowest BCUT2D eigenvalue weighted by molar-refractivity contribution is -0.150. The van der Waals surface area contributed by atoms with Crippen LogP contribution in [0.2, 0.25) is 0 Å². The first-order valence-electron chi connectivity index (χ1n) is 7.40. The van der Waals surface area contributed by atoms with Crippen LogP contribution in [0.1, 0.15) is 25.7 Å². The second kappa shape index (κ2) is 8.26. The number of methoxy groups -OCH3 is 1. The smallest absolute Gasteiger partial charge is 0.344 e. The van der Waals surface area contributed by atoms with Crippen molar-refractivity contribution in [2.75, 3.05) is 20.3 Å². The molecule has 1 aliphatic carbocycles. The molecule has 1 N–H and O–H groups in total. The van der Waals surface area contributed by atoms with Gasteiger partial charge in [0.15, 0.2) is 24.7 Å². The van der Waals surface area contributed by atoms with Gasteiger partial charge in [-0.1, -0.05) is 25.0 Å². The van der Waals surface area contributed by atoms with E-state index in [1.165, 1.54) is 7.11 Å². The molecule has 6 nitrogen and oxygen atoms in total. The zero-order valence-electron chi connectivity index (χ0n) is 12.7. The third kappa shape index (κ3) is 4.95. The summed E-state index contributed by atoms with van der Waals surface area (Å²) in [5.74, 6) is 0.136. The topological polar surface area (TPSA) is 73.9 Å². The Bertz CT molecular complexity index is 511. The molecular weight excluding hydrogens is 286 g/mol. The zero-order chi connectivity index (χ0) is 15.8. The minimum atomic E-state index is -0.590. The Morgan fingerprint density at radius 2 is 1.82 bits per heavy atom. The molecular formula is C16H21NO5. The number of nitrogens with one attached hydrogen (secondary N) is 1. The number of rotatable bonds is 7. The molecule has 0 heterocycles. The summed E-state index contributed by atoms with van der Waals surface area (Å²) < 4.78 is 15.3. The molecule has 0 unspecified atom stereocenters. The molecule has 1 fully saturated rings. The van der Waals surface area contributed by atoms with Crippen molar-refractivity contribution in [3.63, 3.8) is 0 Å². The van der Waals surface area contributed by atoms with Crippen LogP contribution in [0.3, 0.4) is 0 Å². The Kier molecular flexibility index (Phi) is 6.06. The second-order valence-corrected chi connectivity index (χ2v) is 5.15. The number of hydrogen-bond donors (Lipinski definition) is 1. The van der Waals surface area contributed by atoms with Crippen LogP contribution in [0.5, 0.6) is 11.5 Å². The SMILES string of the molecule is COc1ccccc1OCC(=O)OCC(=O)NC1CCCC1. The fraction of sp³-hybridized carbons (Fsp3) is 0.500. The Morgan fingerprint density at radius 3 is 2.50 bits per heavy atom. The summed E-state index contributed by atoms with van der Waals surface area (Å²) in [5.41, 5.74) is 0. The average molecular weight is 307 g/mol. The van der Waals surface area contributed by atoms with Gasteiger partial charge in [0, 0.05) is 6.04 Å². The van der Waals surface area contributed by atoms with Crippen LogP contribution >= 0.6 is 0 Å². The van der Waals surface area contributed by atoms with E-state index in [4.69, 9.17) is 14.2 Å². The van der Waals surface area contributed by atoms with E-state index in [1.54, 1.807) is 24.3 Å². The molecule has 0 atom stereocenters. The molecule has 120 valence electrons. The largest absolute Gasteiger partial charge is 0.493 e. The lowest BCUT2D eigenvalue weighted by Crippen LogP contribution is -2.36. The molecule has 6 heteroatoms. The van der Waals surface area contributed by atoms with Gasteiger partial charge in [0.25, 0.3) is 5.91 Å². The van der Waals surface area contributed by atoms with Gasteiger partial charge < -0.3 is 19.5 Å². The first-order chi connectivity index (χ1) is 10.7. The van der Waals surface area contributed by atoms with Crippen LogP contribution in [0, 0.1) is 0 Å². The van der Waals surface area contributed by atoms with E-state index < -0.39 is 5.97 Å². The number of carbonyl (C=O) groups is 2. The Hall–Kier alpha value is -2.24. The van der Waals surface area contributed by atoms with Crippen molar-refractivity contribution in [3.05, 3.63) is 24.3 Å². The molecule has 2 rings (SSSR count). The van der Waals surface area contributed by atoms with Crippen LogP contribution in [0.25, 0.3) is 0 Å². The minimum absolute atomic E-state index is 0.219. The first-order valence-corrected chi connectivity index (χ1v) is 7.40. The van der Waals surface area contributed by atoms with Gasteiger partial charge in [-0.3, -0.25) is 4.79 Å². The normalized spacial score (nSPS) is 14.4. The Morgan fingerprint density at radius 1 is 1.14 bits per heavy atom.